The third-order valence-corrected chi connectivity index (χ3v) is 8.32. The number of para-hydroxylation sites is 1. The van der Waals surface area contributed by atoms with Crippen LogP contribution in [-0.4, -0.2) is 15.2 Å². The molecular weight excluding hydrogens is 462 g/mol. The van der Waals surface area contributed by atoms with Crippen LogP contribution >= 0.6 is 0 Å². The lowest BCUT2D eigenvalue weighted by Crippen LogP contribution is -2.34. The molecule has 0 unspecified atom stereocenters. The molecule has 2 aromatic heterocycles. The van der Waals surface area contributed by atoms with Crippen LogP contribution in [0.5, 0.6) is 5.75 Å². The van der Waals surface area contributed by atoms with Gasteiger partial charge in [-0.2, -0.15) is 0 Å². The average molecular weight is 490 g/mol. The van der Waals surface area contributed by atoms with Crippen molar-refractivity contribution in [3.05, 3.63) is 112 Å². The Morgan fingerprint density at radius 2 is 1.84 bits per heavy atom. The summed E-state index contributed by atoms with van der Waals surface area (Å²) in [5, 5.41) is 7.75. The SMILES string of the molecule is O=c1[nH]nc(-c2ccc(OCc3ccc4ccccc4n3)cc2[C@@]2(c3ccccc3)C[C@H]3CC[C@H]2C3)o1. The second-order valence-electron chi connectivity index (χ2n) is 10.3. The summed E-state index contributed by atoms with van der Waals surface area (Å²) in [6.07, 6.45) is 4.75. The zero-order valence-electron chi connectivity index (χ0n) is 20.4. The van der Waals surface area contributed by atoms with Gasteiger partial charge in [-0.05, 0) is 72.6 Å². The van der Waals surface area contributed by atoms with Crippen molar-refractivity contribution < 1.29 is 9.15 Å². The monoisotopic (exact) mass is 489 g/mol. The number of aromatic nitrogens is 3. The summed E-state index contributed by atoms with van der Waals surface area (Å²) in [7, 11) is 0. The lowest BCUT2D eigenvalue weighted by molar-refractivity contribution is 0.295. The molecule has 0 spiro atoms. The molecule has 0 aliphatic heterocycles. The molecule has 2 saturated carbocycles. The van der Waals surface area contributed by atoms with Gasteiger partial charge in [-0.15, -0.1) is 5.10 Å². The molecule has 37 heavy (non-hydrogen) atoms. The fourth-order valence-electron chi connectivity index (χ4n) is 6.76. The normalized spacial score (nSPS) is 22.5. The Balaban J connectivity index is 1.32. The minimum Gasteiger partial charge on any atom is -0.487 e. The predicted molar refractivity (Wildman–Crippen MR) is 141 cm³/mol. The number of H-pyrrole nitrogens is 1. The summed E-state index contributed by atoms with van der Waals surface area (Å²) in [5.41, 5.74) is 4.90. The fourth-order valence-corrected chi connectivity index (χ4v) is 6.76. The third-order valence-electron chi connectivity index (χ3n) is 8.32. The van der Waals surface area contributed by atoms with E-state index in [0.29, 0.717) is 24.3 Å². The van der Waals surface area contributed by atoms with E-state index in [-0.39, 0.29) is 5.41 Å². The van der Waals surface area contributed by atoms with Gasteiger partial charge in [-0.3, -0.25) is 0 Å². The van der Waals surface area contributed by atoms with Crippen molar-refractivity contribution in [3.63, 3.8) is 0 Å². The lowest BCUT2D eigenvalue weighted by Gasteiger charge is -2.40. The van der Waals surface area contributed by atoms with Crippen molar-refractivity contribution in [1.29, 1.82) is 0 Å². The summed E-state index contributed by atoms with van der Waals surface area (Å²) < 4.78 is 11.8. The number of benzene rings is 3. The number of nitrogens with one attached hydrogen (secondary N) is 1. The van der Waals surface area contributed by atoms with Gasteiger partial charge < -0.3 is 9.15 Å². The number of hydrogen-bond donors (Lipinski definition) is 1. The van der Waals surface area contributed by atoms with Crippen molar-refractivity contribution in [3.8, 4) is 17.2 Å². The molecule has 5 aromatic rings. The maximum atomic E-state index is 11.9. The largest absolute Gasteiger partial charge is 0.487 e. The summed E-state index contributed by atoms with van der Waals surface area (Å²) in [5.74, 6) is 1.74. The molecular formula is C31H27N3O3. The van der Waals surface area contributed by atoms with Crippen LogP contribution in [0.25, 0.3) is 22.4 Å². The molecule has 184 valence electrons. The summed E-state index contributed by atoms with van der Waals surface area (Å²) in [6.45, 7) is 0.367. The molecule has 2 bridgehead atoms. The molecule has 3 aromatic carbocycles. The van der Waals surface area contributed by atoms with E-state index in [9.17, 15) is 4.79 Å². The van der Waals surface area contributed by atoms with Crippen molar-refractivity contribution >= 4 is 10.9 Å². The van der Waals surface area contributed by atoms with Crippen LogP contribution in [0.15, 0.2) is 94.1 Å². The van der Waals surface area contributed by atoms with Gasteiger partial charge in [-0.25, -0.2) is 14.9 Å². The fraction of sp³-hybridized carbons (Fsp3) is 0.258. The van der Waals surface area contributed by atoms with Gasteiger partial charge in [0.25, 0.3) is 0 Å². The van der Waals surface area contributed by atoms with E-state index in [1.807, 2.05) is 36.4 Å². The highest BCUT2D eigenvalue weighted by Crippen LogP contribution is 2.61. The van der Waals surface area contributed by atoms with Gasteiger partial charge in [0.05, 0.1) is 11.2 Å². The Kier molecular flexibility index (Phi) is 5.20. The molecule has 2 aliphatic carbocycles. The maximum Gasteiger partial charge on any atom is 0.434 e. The average Bonchev–Trinajstić information content (AvgIpc) is 3.69. The second-order valence-corrected chi connectivity index (χ2v) is 10.3. The molecule has 2 heterocycles. The third kappa shape index (κ3) is 3.75. The van der Waals surface area contributed by atoms with Crippen LogP contribution in [0.4, 0.5) is 0 Å². The highest BCUT2D eigenvalue weighted by molar-refractivity contribution is 5.78. The number of hydrogen-bond acceptors (Lipinski definition) is 5. The Morgan fingerprint density at radius 3 is 2.62 bits per heavy atom. The topological polar surface area (TPSA) is 81.0 Å². The van der Waals surface area contributed by atoms with E-state index >= 15 is 0 Å². The summed E-state index contributed by atoms with van der Waals surface area (Å²) >= 11 is 0. The molecule has 2 aliphatic rings. The summed E-state index contributed by atoms with van der Waals surface area (Å²) in [4.78, 5) is 16.6. The summed E-state index contributed by atoms with van der Waals surface area (Å²) in [6, 6.07) is 29.0. The van der Waals surface area contributed by atoms with Crippen LogP contribution in [0, 0.1) is 11.8 Å². The molecule has 0 saturated heterocycles. The van der Waals surface area contributed by atoms with Gasteiger partial charge in [-0.1, -0.05) is 61.0 Å². The van der Waals surface area contributed by atoms with Gasteiger partial charge >= 0.3 is 5.76 Å². The maximum absolute atomic E-state index is 11.9. The molecule has 0 amide bonds. The standard InChI is InChI=1S/C31H27N3O3/c35-30-34-33-29(37-30)26-15-14-25(36-19-24-13-11-21-6-4-5-9-28(21)32-24)17-27(26)31(22-7-2-1-3-8-22)18-20-10-12-23(31)16-20/h1-9,11,13-15,17,20,23H,10,12,16,18-19H2,(H,34,35)/t20-,23-,31+/m0/s1. The number of ether oxygens (including phenoxy) is 1. The van der Waals surface area contributed by atoms with Crippen molar-refractivity contribution in [2.24, 2.45) is 11.8 Å². The molecule has 1 N–H and O–H groups in total. The highest BCUT2D eigenvalue weighted by Gasteiger charge is 2.53. The van der Waals surface area contributed by atoms with E-state index in [2.05, 4.69) is 58.7 Å². The van der Waals surface area contributed by atoms with E-state index < -0.39 is 5.76 Å². The predicted octanol–water partition coefficient (Wildman–Crippen LogP) is 6.26. The van der Waals surface area contributed by atoms with Crippen molar-refractivity contribution in [1.82, 2.24) is 15.2 Å². The van der Waals surface area contributed by atoms with Crippen molar-refractivity contribution in [2.45, 2.75) is 37.7 Å². The molecule has 2 fully saturated rings. The first kappa shape index (κ1) is 22.0. The lowest BCUT2D eigenvalue weighted by atomic mass is 9.63. The Morgan fingerprint density at radius 1 is 0.973 bits per heavy atom. The van der Waals surface area contributed by atoms with E-state index in [1.165, 1.54) is 24.8 Å². The highest BCUT2D eigenvalue weighted by atomic mass is 16.5. The first-order valence-corrected chi connectivity index (χ1v) is 12.9. The Labute approximate surface area is 214 Å². The van der Waals surface area contributed by atoms with Crippen LogP contribution in [-0.2, 0) is 12.0 Å². The molecule has 7 rings (SSSR count). The Bertz CT molecular complexity index is 1640. The Hall–Kier alpha value is -4.19. The first-order chi connectivity index (χ1) is 18.2. The number of fused-ring (bicyclic) bond motifs is 3. The quantitative estimate of drug-likeness (QED) is 0.304. The smallest absolute Gasteiger partial charge is 0.434 e. The number of aromatic amines is 1. The van der Waals surface area contributed by atoms with E-state index in [0.717, 1.165) is 39.9 Å². The van der Waals surface area contributed by atoms with E-state index in [4.69, 9.17) is 14.1 Å². The van der Waals surface area contributed by atoms with E-state index in [1.54, 1.807) is 0 Å². The minimum atomic E-state index is -0.551. The molecule has 6 nitrogen and oxygen atoms in total. The first-order valence-electron chi connectivity index (χ1n) is 12.9. The van der Waals surface area contributed by atoms with Crippen LogP contribution in [0.1, 0.15) is 42.5 Å². The molecule has 3 atom stereocenters. The van der Waals surface area contributed by atoms with Gasteiger partial charge in [0.2, 0.25) is 5.89 Å². The molecule has 6 heteroatoms. The zero-order chi connectivity index (χ0) is 24.8. The van der Waals surface area contributed by atoms with Crippen LogP contribution < -0.4 is 10.5 Å². The second kappa shape index (κ2) is 8.73. The van der Waals surface area contributed by atoms with Gasteiger partial charge in [0, 0.05) is 16.4 Å². The zero-order valence-corrected chi connectivity index (χ0v) is 20.4. The van der Waals surface area contributed by atoms with Crippen LogP contribution in [0.3, 0.4) is 0 Å². The number of nitrogens with zero attached hydrogens (tertiary/aromatic N) is 2. The van der Waals surface area contributed by atoms with Crippen LogP contribution in [0.2, 0.25) is 0 Å². The minimum absolute atomic E-state index is 0.183. The van der Waals surface area contributed by atoms with Gasteiger partial charge in [0.1, 0.15) is 12.4 Å². The molecule has 0 radical (unpaired) electrons. The number of pyridine rings is 1. The van der Waals surface area contributed by atoms with Crippen molar-refractivity contribution in [2.75, 3.05) is 0 Å². The number of rotatable bonds is 6. The van der Waals surface area contributed by atoms with Gasteiger partial charge in [0.15, 0.2) is 0 Å².